The molecule has 0 spiro atoms. The van der Waals surface area contributed by atoms with Crippen LogP contribution in [0, 0.1) is 23.7 Å². The first-order chi connectivity index (χ1) is 15.2. The summed E-state index contributed by atoms with van der Waals surface area (Å²) in [5, 5.41) is 8.88. The molecule has 3 heterocycles. The number of fused-ring (bicyclic) bond motifs is 5. The minimum atomic E-state index is -0.119. The maximum Gasteiger partial charge on any atom is 0.233 e. The highest BCUT2D eigenvalue weighted by Crippen LogP contribution is 2.52. The van der Waals surface area contributed by atoms with E-state index in [-0.39, 0.29) is 35.5 Å². The maximum absolute atomic E-state index is 12.8. The van der Waals surface area contributed by atoms with Gasteiger partial charge in [0.25, 0.3) is 0 Å². The van der Waals surface area contributed by atoms with Crippen LogP contribution >= 0.6 is 11.3 Å². The molecule has 2 aliphatic heterocycles. The molecule has 31 heavy (non-hydrogen) atoms. The lowest BCUT2D eigenvalue weighted by Gasteiger charge is -2.27. The van der Waals surface area contributed by atoms with Crippen molar-refractivity contribution in [1.29, 1.82) is 0 Å². The van der Waals surface area contributed by atoms with Gasteiger partial charge in [0.05, 0.1) is 17.9 Å². The van der Waals surface area contributed by atoms with Crippen LogP contribution in [0.3, 0.4) is 0 Å². The van der Waals surface area contributed by atoms with E-state index in [2.05, 4.69) is 50.2 Å². The molecule has 1 aromatic rings. The van der Waals surface area contributed by atoms with Crippen molar-refractivity contribution in [3.05, 3.63) is 34.5 Å². The molecular formula is C23H31N5O2S. The second-order valence-electron chi connectivity index (χ2n) is 8.98. The number of guanidine groups is 1. The van der Waals surface area contributed by atoms with Crippen molar-refractivity contribution in [3.63, 3.8) is 0 Å². The summed E-state index contributed by atoms with van der Waals surface area (Å²) in [5.74, 6) is 1.03. The lowest BCUT2D eigenvalue weighted by molar-refractivity contribution is -0.140. The van der Waals surface area contributed by atoms with E-state index in [0.717, 1.165) is 26.1 Å². The number of nitrogens with zero attached hydrogens (tertiary/aromatic N) is 3. The Labute approximate surface area is 187 Å². The molecule has 2 N–H and O–H groups in total. The molecule has 5 atom stereocenters. The number of hydrogen-bond acceptors (Lipinski definition) is 5. The number of nitrogens with one attached hydrogen (secondary N) is 2. The van der Waals surface area contributed by atoms with Crippen LogP contribution in [0.1, 0.15) is 30.2 Å². The maximum atomic E-state index is 12.8. The van der Waals surface area contributed by atoms with Crippen molar-refractivity contribution in [2.75, 3.05) is 39.8 Å². The fraction of sp³-hybridized carbons (Fsp3) is 0.609. The summed E-state index contributed by atoms with van der Waals surface area (Å²) in [6.45, 7) is 3.95. The molecule has 1 aromatic heterocycles. The molecule has 2 saturated heterocycles. The minimum absolute atomic E-state index is 0.0170. The van der Waals surface area contributed by atoms with Gasteiger partial charge < -0.3 is 10.6 Å². The van der Waals surface area contributed by atoms with Crippen molar-refractivity contribution in [2.45, 2.75) is 25.3 Å². The number of carbonyl (C=O) groups is 2. The first kappa shape index (κ1) is 20.7. The Kier molecular flexibility index (Phi) is 5.84. The van der Waals surface area contributed by atoms with Crippen LogP contribution in [0.15, 0.2) is 34.7 Å². The molecule has 2 amide bonds. The largest absolute Gasteiger partial charge is 0.355 e. The van der Waals surface area contributed by atoms with E-state index in [0.29, 0.717) is 25.1 Å². The standard InChI is InChI=1S/C23H31N5O2S/c1-24-23(26-14-17(18-5-4-12-31-18)27-9-2-3-10-27)25-8-11-28-21(29)19-15-6-7-16(13-15)20(19)22(28)30/h4-7,12,15-17,19-20H,2-3,8-11,13-14H2,1H3,(H2,24,25,26). The van der Waals surface area contributed by atoms with Crippen molar-refractivity contribution >= 4 is 29.1 Å². The molecule has 166 valence electrons. The van der Waals surface area contributed by atoms with Gasteiger partial charge in [-0.2, -0.15) is 0 Å². The number of carbonyl (C=O) groups excluding carboxylic acids is 2. The summed E-state index contributed by atoms with van der Waals surface area (Å²) < 4.78 is 0. The predicted molar refractivity (Wildman–Crippen MR) is 122 cm³/mol. The van der Waals surface area contributed by atoms with Gasteiger partial charge >= 0.3 is 0 Å². The number of allylic oxidation sites excluding steroid dienone is 2. The number of imide groups is 1. The van der Waals surface area contributed by atoms with Gasteiger partial charge in [0.1, 0.15) is 0 Å². The molecule has 3 fully saturated rings. The van der Waals surface area contributed by atoms with E-state index in [1.54, 1.807) is 18.4 Å². The first-order valence-corrected chi connectivity index (χ1v) is 12.3. The van der Waals surface area contributed by atoms with Crippen LogP contribution in [0.4, 0.5) is 0 Å². The molecule has 5 rings (SSSR count). The van der Waals surface area contributed by atoms with Crippen LogP contribution in [-0.4, -0.2) is 67.3 Å². The molecule has 4 aliphatic rings. The Bertz CT molecular complexity index is 847. The summed E-state index contributed by atoms with van der Waals surface area (Å²) in [5.41, 5.74) is 0. The van der Waals surface area contributed by atoms with E-state index in [9.17, 15) is 9.59 Å². The third kappa shape index (κ3) is 3.80. The first-order valence-electron chi connectivity index (χ1n) is 11.4. The van der Waals surface area contributed by atoms with Crippen LogP contribution in [0.25, 0.3) is 0 Å². The Morgan fingerprint density at radius 3 is 2.48 bits per heavy atom. The Hall–Kier alpha value is -2.19. The molecule has 0 radical (unpaired) electrons. The second-order valence-corrected chi connectivity index (χ2v) is 9.96. The van der Waals surface area contributed by atoms with Gasteiger partial charge in [-0.3, -0.25) is 24.4 Å². The van der Waals surface area contributed by atoms with Gasteiger partial charge in [-0.05, 0) is 55.6 Å². The molecule has 5 unspecified atom stereocenters. The molecule has 7 nitrogen and oxygen atoms in total. The molecule has 0 aromatic carbocycles. The number of likely N-dealkylation sites (tertiary alicyclic amines) is 2. The van der Waals surface area contributed by atoms with E-state index >= 15 is 0 Å². The number of amides is 2. The number of thiophene rings is 1. The van der Waals surface area contributed by atoms with E-state index in [1.165, 1.54) is 22.6 Å². The third-order valence-electron chi connectivity index (χ3n) is 7.33. The van der Waals surface area contributed by atoms with E-state index in [4.69, 9.17) is 0 Å². The van der Waals surface area contributed by atoms with Gasteiger partial charge in [-0.1, -0.05) is 18.2 Å². The zero-order valence-corrected chi connectivity index (χ0v) is 18.8. The van der Waals surface area contributed by atoms with Crippen molar-refractivity contribution in [1.82, 2.24) is 20.4 Å². The lowest BCUT2D eigenvalue weighted by atomic mass is 9.85. The van der Waals surface area contributed by atoms with Crippen molar-refractivity contribution < 1.29 is 9.59 Å². The van der Waals surface area contributed by atoms with Crippen LogP contribution in [-0.2, 0) is 9.59 Å². The number of hydrogen-bond donors (Lipinski definition) is 2. The quantitative estimate of drug-likeness (QED) is 0.292. The summed E-state index contributed by atoms with van der Waals surface area (Å²) in [4.78, 5) is 35.4. The molecule has 2 bridgehead atoms. The van der Waals surface area contributed by atoms with Gasteiger partial charge in [0, 0.05) is 31.6 Å². The highest BCUT2D eigenvalue weighted by molar-refractivity contribution is 7.10. The van der Waals surface area contributed by atoms with Crippen LogP contribution < -0.4 is 10.6 Å². The van der Waals surface area contributed by atoms with E-state index in [1.807, 2.05) is 0 Å². The minimum Gasteiger partial charge on any atom is -0.355 e. The fourth-order valence-corrected chi connectivity index (χ4v) is 6.69. The molecular weight excluding hydrogens is 410 g/mol. The fourth-order valence-electron chi connectivity index (χ4n) is 5.83. The van der Waals surface area contributed by atoms with Gasteiger partial charge in [-0.15, -0.1) is 11.3 Å². The SMILES string of the molecule is CN=C(NCCN1C(=O)C2C3C=CC(C3)C2C1=O)NCC(c1cccs1)N1CCCC1. The number of rotatable bonds is 7. The van der Waals surface area contributed by atoms with Gasteiger partial charge in [-0.25, -0.2) is 0 Å². The second kappa shape index (κ2) is 8.74. The van der Waals surface area contributed by atoms with E-state index < -0.39 is 0 Å². The van der Waals surface area contributed by atoms with Gasteiger partial charge in [0.2, 0.25) is 11.8 Å². The summed E-state index contributed by atoms with van der Waals surface area (Å²) in [6, 6.07) is 4.65. The summed E-state index contributed by atoms with van der Waals surface area (Å²) >= 11 is 1.80. The molecule has 2 aliphatic carbocycles. The zero-order chi connectivity index (χ0) is 21.4. The normalized spacial score (nSPS) is 31.0. The third-order valence-corrected chi connectivity index (χ3v) is 8.30. The highest BCUT2D eigenvalue weighted by Gasteiger charge is 2.58. The van der Waals surface area contributed by atoms with Crippen molar-refractivity contribution in [2.24, 2.45) is 28.7 Å². The monoisotopic (exact) mass is 441 g/mol. The smallest absolute Gasteiger partial charge is 0.233 e. The van der Waals surface area contributed by atoms with Gasteiger partial charge in [0.15, 0.2) is 5.96 Å². The lowest BCUT2D eigenvalue weighted by Crippen LogP contribution is -2.45. The Morgan fingerprint density at radius 2 is 1.87 bits per heavy atom. The average molecular weight is 442 g/mol. The summed E-state index contributed by atoms with van der Waals surface area (Å²) in [7, 11) is 1.76. The molecule has 8 heteroatoms. The Morgan fingerprint density at radius 1 is 1.16 bits per heavy atom. The van der Waals surface area contributed by atoms with Crippen LogP contribution in [0.5, 0.6) is 0 Å². The average Bonchev–Trinajstić information content (AvgIpc) is 3.59. The predicted octanol–water partition coefficient (Wildman–Crippen LogP) is 1.86. The molecule has 1 saturated carbocycles. The number of aliphatic imine (C=N–C) groups is 1. The summed E-state index contributed by atoms with van der Waals surface area (Å²) in [6.07, 6.45) is 7.75. The highest BCUT2D eigenvalue weighted by atomic mass is 32.1. The van der Waals surface area contributed by atoms with Crippen molar-refractivity contribution in [3.8, 4) is 0 Å². The van der Waals surface area contributed by atoms with Crippen LogP contribution in [0.2, 0.25) is 0 Å². The topological polar surface area (TPSA) is 77.0 Å². The Balaban J connectivity index is 1.13. The zero-order valence-electron chi connectivity index (χ0n) is 18.0.